The van der Waals surface area contributed by atoms with Crippen LogP contribution in [0.3, 0.4) is 0 Å². The number of benzene rings is 2. The maximum absolute atomic E-state index is 12.1. The highest BCUT2D eigenvalue weighted by atomic mass is 16.8. The molecule has 0 saturated carbocycles. The molecule has 0 spiro atoms. The number of alkyl carbamates (subject to hydrolysis) is 1. The molecule has 0 aliphatic rings. The molecule has 2 aromatic carbocycles. The first kappa shape index (κ1) is 33.5. The zero-order valence-corrected chi connectivity index (χ0v) is 24.8. The first-order valence-electron chi connectivity index (χ1n) is 14.3. The highest BCUT2D eigenvalue weighted by Gasteiger charge is 2.08. The monoisotopic (exact) mass is 609 g/mol. The molecule has 0 bridgehead atoms. The van der Waals surface area contributed by atoms with Crippen molar-refractivity contribution in [1.82, 2.24) is 20.6 Å². The van der Waals surface area contributed by atoms with Gasteiger partial charge in [0.15, 0.2) is 0 Å². The second kappa shape index (κ2) is 17.8. The van der Waals surface area contributed by atoms with Gasteiger partial charge in [0, 0.05) is 37.1 Å². The van der Waals surface area contributed by atoms with Crippen molar-refractivity contribution in [3.05, 3.63) is 70.6 Å². The Labute approximate surface area is 254 Å². The number of aromatic nitrogens is 2. The van der Waals surface area contributed by atoms with Crippen LogP contribution in [-0.4, -0.2) is 65.3 Å². The summed E-state index contributed by atoms with van der Waals surface area (Å²) in [6.45, 7) is 6.18. The Kier molecular flexibility index (Phi) is 13.6. The van der Waals surface area contributed by atoms with Gasteiger partial charge in [0.05, 0.1) is 23.6 Å². The van der Waals surface area contributed by atoms with E-state index in [0.717, 1.165) is 37.9 Å². The second-order valence-electron chi connectivity index (χ2n) is 9.71. The van der Waals surface area contributed by atoms with E-state index in [1.54, 1.807) is 19.1 Å². The standard InChI is InChI=1S/C29H39N9O6/c1-3-37(24-12-8-22(9-13-24)35-36-23-10-14-25(15-11-23)38(42)43)18-19-44-29(41)31-17-7-5-4-6-16-30-28(40)34-27-32-21(2)20-26(39)33-27/h8-15,20,42-43H,3-7,16-19H2,1-2H3,(H,31,41)(H3,30,32,33,34,39,40)/b36-35+. The number of aryl methyl sites for hydroxylation is 1. The van der Waals surface area contributed by atoms with Crippen molar-refractivity contribution < 1.29 is 24.7 Å². The molecular formula is C29H39N9O6. The molecule has 0 atom stereocenters. The number of likely N-dealkylation sites (N-methyl/N-ethyl adjacent to an activating group) is 1. The summed E-state index contributed by atoms with van der Waals surface area (Å²) in [5.41, 5.74) is 2.58. The molecule has 0 aliphatic carbocycles. The summed E-state index contributed by atoms with van der Waals surface area (Å²) in [5.74, 6) is 0.104. The number of unbranched alkanes of at least 4 members (excludes halogenated alkanes) is 3. The van der Waals surface area contributed by atoms with Gasteiger partial charge in [-0.25, -0.2) is 9.59 Å². The van der Waals surface area contributed by atoms with Gasteiger partial charge < -0.3 is 25.3 Å². The lowest BCUT2D eigenvalue weighted by atomic mass is 10.2. The van der Waals surface area contributed by atoms with E-state index >= 15 is 0 Å². The summed E-state index contributed by atoms with van der Waals surface area (Å²) in [6.07, 6.45) is 2.86. The first-order chi connectivity index (χ1) is 21.2. The summed E-state index contributed by atoms with van der Waals surface area (Å²) in [6, 6.07) is 14.6. The highest BCUT2D eigenvalue weighted by Crippen LogP contribution is 2.23. The number of hydrogen-bond donors (Lipinski definition) is 6. The summed E-state index contributed by atoms with van der Waals surface area (Å²) in [7, 11) is 0. The van der Waals surface area contributed by atoms with Crippen molar-refractivity contribution in [2.75, 3.05) is 48.2 Å². The molecular weight excluding hydrogens is 570 g/mol. The number of amides is 3. The maximum atomic E-state index is 12.1. The molecule has 236 valence electrons. The van der Waals surface area contributed by atoms with Crippen LogP contribution in [0.4, 0.5) is 38.3 Å². The van der Waals surface area contributed by atoms with E-state index in [9.17, 15) is 14.4 Å². The van der Waals surface area contributed by atoms with E-state index in [1.807, 2.05) is 31.2 Å². The van der Waals surface area contributed by atoms with Gasteiger partial charge in [0.25, 0.3) is 5.56 Å². The Morgan fingerprint density at radius 1 is 0.909 bits per heavy atom. The van der Waals surface area contributed by atoms with Crippen molar-refractivity contribution in [3.63, 3.8) is 0 Å². The highest BCUT2D eigenvalue weighted by molar-refractivity contribution is 5.87. The van der Waals surface area contributed by atoms with Crippen LogP contribution in [0.1, 0.15) is 38.3 Å². The molecule has 0 radical (unpaired) electrons. The third-order valence-corrected chi connectivity index (χ3v) is 6.32. The van der Waals surface area contributed by atoms with Crippen LogP contribution in [0.25, 0.3) is 0 Å². The van der Waals surface area contributed by atoms with Crippen molar-refractivity contribution in [2.24, 2.45) is 10.2 Å². The Balaban J connectivity index is 1.24. The number of azo groups is 1. The first-order valence-corrected chi connectivity index (χ1v) is 14.3. The molecule has 0 unspecified atom stereocenters. The Bertz CT molecular complexity index is 1410. The lowest BCUT2D eigenvalue weighted by Crippen LogP contribution is -2.31. The number of aromatic amines is 1. The van der Waals surface area contributed by atoms with Gasteiger partial charge in [-0.05, 0) is 75.2 Å². The third-order valence-electron chi connectivity index (χ3n) is 6.32. The summed E-state index contributed by atoms with van der Waals surface area (Å²) >= 11 is 0. The number of carbonyl (C=O) groups is 2. The number of carbonyl (C=O) groups excluding carboxylic acids is 2. The van der Waals surface area contributed by atoms with Crippen LogP contribution in [0.5, 0.6) is 0 Å². The predicted molar refractivity (Wildman–Crippen MR) is 165 cm³/mol. The number of rotatable bonds is 16. The largest absolute Gasteiger partial charge is 0.448 e. The molecule has 3 amide bonds. The van der Waals surface area contributed by atoms with E-state index in [2.05, 4.69) is 41.0 Å². The number of H-pyrrole nitrogens is 1. The summed E-state index contributed by atoms with van der Waals surface area (Å²) < 4.78 is 5.32. The fourth-order valence-corrected chi connectivity index (χ4v) is 4.05. The predicted octanol–water partition coefficient (Wildman–Crippen LogP) is 5.01. The molecule has 0 saturated heterocycles. The third kappa shape index (κ3) is 12.1. The molecule has 15 nitrogen and oxygen atoms in total. The maximum Gasteiger partial charge on any atom is 0.407 e. The summed E-state index contributed by atoms with van der Waals surface area (Å²) in [5, 5.41) is 34.4. The number of hydrogen-bond acceptors (Lipinski definition) is 11. The molecule has 0 fully saturated rings. The van der Waals surface area contributed by atoms with Crippen molar-refractivity contribution >= 4 is 40.8 Å². The van der Waals surface area contributed by atoms with Gasteiger partial charge in [-0.1, -0.05) is 12.8 Å². The molecule has 3 aromatic rings. The second-order valence-corrected chi connectivity index (χ2v) is 9.71. The van der Waals surface area contributed by atoms with Crippen molar-refractivity contribution in [3.8, 4) is 0 Å². The van der Waals surface area contributed by atoms with Crippen LogP contribution in [0.15, 0.2) is 69.6 Å². The minimum atomic E-state index is -0.461. The number of nitrogens with one attached hydrogen (secondary N) is 4. The van der Waals surface area contributed by atoms with E-state index in [-0.39, 0.29) is 23.5 Å². The molecule has 1 heterocycles. The molecule has 6 N–H and O–H groups in total. The van der Waals surface area contributed by atoms with Crippen LogP contribution in [0, 0.1) is 6.92 Å². The van der Waals surface area contributed by atoms with Gasteiger partial charge in [0.1, 0.15) is 6.61 Å². The van der Waals surface area contributed by atoms with Crippen LogP contribution >= 0.6 is 0 Å². The minimum absolute atomic E-state index is 0.0331. The van der Waals surface area contributed by atoms with E-state index < -0.39 is 17.7 Å². The van der Waals surface area contributed by atoms with E-state index in [4.69, 9.17) is 15.2 Å². The van der Waals surface area contributed by atoms with E-state index in [0.29, 0.717) is 36.7 Å². The van der Waals surface area contributed by atoms with Crippen molar-refractivity contribution in [2.45, 2.75) is 39.5 Å². The average Bonchev–Trinajstić information content (AvgIpc) is 2.99. The summed E-state index contributed by atoms with van der Waals surface area (Å²) in [4.78, 5) is 43.9. The van der Waals surface area contributed by atoms with Gasteiger partial charge in [-0.2, -0.15) is 15.2 Å². The molecule has 44 heavy (non-hydrogen) atoms. The number of urea groups is 1. The Morgan fingerprint density at radius 3 is 2.07 bits per heavy atom. The molecule has 0 aliphatic heterocycles. The van der Waals surface area contributed by atoms with Gasteiger partial charge in [0.2, 0.25) is 5.95 Å². The van der Waals surface area contributed by atoms with Gasteiger partial charge >= 0.3 is 12.1 Å². The molecule has 1 aromatic heterocycles. The van der Waals surface area contributed by atoms with Crippen LogP contribution in [0.2, 0.25) is 0 Å². The SMILES string of the molecule is CCN(CCOC(=O)NCCCCCCNC(=O)Nc1nc(=O)cc(C)[nH]1)c1ccc(/N=N/c2ccc(N(O)O)cc2)cc1. The smallest absolute Gasteiger partial charge is 0.407 e. The Hall–Kier alpha value is -5.02. The van der Waals surface area contributed by atoms with Crippen LogP contribution in [-0.2, 0) is 4.74 Å². The zero-order chi connectivity index (χ0) is 31.7. The van der Waals surface area contributed by atoms with Crippen molar-refractivity contribution in [1.29, 1.82) is 0 Å². The topological polar surface area (TPSA) is 197 Å². The van der Waals surface area contributed by atoms with Gasteiger partial charge in [-0.3, -0.25) is 20.5 Å². The average molecular weight is 610 g/mol. The molecule has 15 heteroatoms. The number of anilines is 3. The Morgan fingerprint density at radius 2 is 1.50 bits per heavy atom. The fraction of sp³-hybridized carbons (Fsp3) is 0.379. The minimum Gasteiger partial charge on any atom is -0.448 e. The lowest BCUT2D eigenvalue weighted by molar-refractivity contribution is 0.0291. The van der Waals surface area contributed by atoms with E-state index in [1.165, 1.54) is 18.2 Å². The van der Waals surface area contributed by atoms with Crippen LogP contribution < -0.4 is 31.6 Å². The normalized spacial score (nSPS) is 10.8. The zero-order valence-electron chi connectivity index (χ0n) is 24.8. The molecule has 3 rings (SSSR count). The van der Waals surface area contributed by atoms with Gasteiger partial charge in [-0.15, -0.1) is 5.23 Å². The number of ether oxygens (including phenoxy) is 1. The fourth-order valence-electron chi connectivity index (χ4n) is 4.05. The lowest BCUT2D eigenvalue weighted by Gasteiger charge is -2.23. The number of nitrogens with zero attached hydrogens (tertiary/aromatic N) is 5. The quantitative estimate of drug-likeness (QED) is 0.0734.